The molecule has 1 atom stereocenters. The van der Waals surface area contributed by atoms with E-state index in [0.717, 1.165) is 55.9 Å². The Morgan fingerprint density at radius 2 is 2.07 bits per heavy atom. The molecule has 8 nitrogen and oxygen atoms in total. The number of benzene rings is 1. The number of ether oxygens (including phenoxy) is 3. The van der Waals surface area contributed by atoms with Gasteiger partial charge < -0.3 is 19.5 Å². The van der Waals surface area contributed by atoms with Gasteiger partial charge in [-0.15, -0.1) is 0 Å². The van der Waals surface area contributed by atoms with Gasteiger partial charge in [-0.2, -0.15) is 5.10 Å². The van der Waals surface area contributed by atoms with Gasteiger partial charge in [0.25, 0.3) is 5.91 Å². The summed E-state index contributed by atoms with van der Waals surface area (Å²) in [6.45, 7) is 7.37. The summed E-state index contributed by atoms with van der Waals surface area (Å²) in [4.78, 5) is 15.3. The van der Waals surface area contributed by atoms with Gasteiger partial charge in [-0.25, -0.2) is 0 Å². The average molecular weight is 390 g/mol. The summed E-state index contributed by atoms with van der Waals surface area (Å²) in [6.07, 6.45) is 0.790. The monoisotopic (exact) mass is 390 g/mol. The topological polar surface area (TPSA) is 77.9 Å². The van der Waals surface area contributed by atoms with Crippen molar-refractivity contribution >= 4 is 16.8 Å². The molecule has 1 saturated heterocycles. The molecule has 3 rings (SSSR count). The second-order valence-corrected chi connectivity index (χ2v) is 6.92. The summed E-state index contributed by atoms with van der Waals surface area (Å²) < 4.78 is 18.0. The number of hydrogen-bond donors (Lipinski definition) is 1. The second-order valence-electron chi connectivity index (χ2n) is 6.92. The summed E-state index contributed by atoms with van der Waals surface area (Å²) in [5, 5.41) is 8.48. The zero-order valence-electron chi connectivity index (χ0n) is 16.9. The van der Waals surface area contributed by atoms with Crippen LogP contribution in [0, 0.1) is 0 Å². The van der Waals surface area contributed by atoms with E-state index in [-0.39, 0.29) is 11.9 Å². The second kappa shape index (κ2) is 9.86. The van der Waals surface area contributed by atoms with Crippen LogP contribution in [0.3, 0.4) is 0 Å². The zero-order chi connectivity index (χ0) is 19.9. The number of carbonyl (C=O) groups excluding carboxylic acids is 1. The molecule has 0 spiro atoms. The lowest BCUT2D eigenvalue weighted by atomic mass is 10.1. The van der Waals surface area contributed by atoms with Crippen molar-refractivity contribution < 1.29 is 19.0 Å². The molecule has 1 amide bonds. The van der Waals surface area contributed by atoms with E-state index < -0.39 is 0 Å². The maximum absolute atomic E-state index is 12.9. The van der Waals surface area contributed by atoms with Gasteiger partial charge >= 0.3 is 0 Å². The first-order chi connectivity index (χ1) is 13.7. The summed E-state index contributed by atoms with van der Waals surface area (Å²) in [5.41, 5.74) is 1.27. The number of aromatic nitrogens is 2. The number of nitrogens with one attached hydrogen (secondary N) is 1. The van der Waals surface area contributed by atoms with Gasteiger partial charge in [0.05, 0.1) is 39.5 Å². The molecule has 0 saturated carbocycles. The highest BCUT2D eigenvalue weighted by atomic mass is 16.5. The number of carbonyl (C=O) groups is 1. The summed E-state index contributed by atoms with van der Waals surface area (Å²) in [5.74, 6) is 0.530. The van der Waals surface area contributed by atoms with Crippen molar-refractivity contribution in [2.45, 2.75) is 25.9 Å². The molecule has 1 aromatic heterocycles. The zero-order valence-corrected chi connectivity index (χ0v) is 16.9. The van der Waals surface area contributed by atoms with Crippen LogP contribution in [0.1, 0.15) is 23.8 Å². The molecule has 1 aliphatic heterocycles. The Hall–Kier alpha value is -2.16. The van der Waals surface area contributed by atoms with Crippen molar-refractivity contribution in [2.75, 3.05) is 53.7 Å². The molecular weight excluding hydrogens is 360 g/mol. The lowest BCUT2D eigenvalue weighted by Gasteiger charge is -2.26. The molecule has 0 aliphatic carbocycles. The van der Waals surface area contributed by atoms with E-state index in [1.165, 1.54) is 0 Å². The number of hydrogen-bond acceptors (Lipinski definition) is 6. The van der Waals surface area contributed by atoms with E-state index in [1.54, 1.807) is 14.2 Å². The lowest BCUT2D eigenvalue weighted by molar-refractivity contribution is 0.0361. The number of fused-ring (bicyclic) bond motifs is 1. The fourth-order valence-corrected chi connectivity index (χ4v) is 3.48. The molecule has 2 aromatic rings. The van der Waals surface area contributed by atoms with Crippen LogP contribution >= 0.6 is 0 Å². The van der Waals surface area contributed by atoms with Crippen LogP contribution in [0.15, 0.2) is 18.2 Å². The highest BCUT2D eigenvalue weighted by Crippen LogP contribution is 2.28. The Kier molecular flexibility index (Phi) is 7.24. The van der Waals surface area contributed by atoms with Gasteiger partial charge in [-0.05, 0) is 12.5 Å². The van der Waals surface area contributed by atoms with Crippen molar-refractivity contribution in [2.24, 2.45) is 0 Å². The predicted octanol–water partition coefficient (Wildman–Crippen LogP) is 1.53. The van der Waals surface area contributed by atoms with Crippen molar-refractivity contribution in [1.82, 2.24) is 20.0 Å². The van der Waals surface area contributed by atoms with Crippen molar-refractivity contribution in [1.29, 1.82) is 0 Å². The highest BCUT2D eigenvalue weighted by Gasteiger charge is 2.22. The van der Waals surface area contributed by atoms with Crippen molar-refractivity contribution in [3.63, 3.8) is 0 Å². The number of amides is 1. The van der Waals surface area contributed by atoms with Crippen molar-refractivity contribution in [3.8, 4) is 5.75 Å². The van der Waals surface area contributed by atoms with Gasteiger partial charge in [-0.1, -0.05) is 19.1 Å². The third-order valence-corrected chi connectivity index (χ3v) is 5.10. The van der Waals surface area contributed by atoms with Gasteiger partial charge in [0.2, 0.25) is 0 Å². The number of morpholine rings is 1. The van der Waals surface area contributed by atoms with Gasteiger partial charge in [0.15, 0.2) is 5.69 Å². The van der Waals surface area contributed by atoms with E-state index in [9.17, 15) is 4.79 Å². The summed E-state index contributed by atoms with van der Waals surface area (Å²) >= 11 is 0. The molecule has 28 heavy (non-hydrogen) atoms. The van der Waals surface area contributed by atoms with Crippen LogP contribution in [0.2, 0.25) is 0 Å². The molecule has 1 aliphatic rings. The van der Waals surface area contributed by atoms with Crippen molar-refractivity contribution in [3.05, 3.63) is 23.9 Å². The van der Waals surface area contributed by atoms with E-state index in [4.69, 9.17) is 14.2 Å². The molecule has 1 fully saturated rings. The van der Waals surface area contributed by atoms with Gasteiger partial charge in [0, 0.05) is 32.1 Å². The number of methoxy groups -OCH3 is 2. The average Bonchev–Trinajstić information content (AvgIpc) is 3.11. The van der Waals surface area contributed by atoms with E-state index in [2.05, 4.69) is 15.3 Å². The standard InChI is InChI=1S/C20H30N4O4/c1-4-15(14-26-2)21-20(25)18-16-6-5-7-17(27-3)19(16)24(22-18)9-8-23-10-12-28-13-11-23/h5-7,15H,4,8-14H2,1-3H3,(H,21,25). The van der Waals surface area contributed by atoms with E-state index in [0.29, 0.717) is 18.8 Å². The summed E-state index contributed by atoms with van der Waals surface area (Å²) in [7, 11) is 3.27. The Morgan fingerprint density at radius 1 is 1.29 bits per heavy atom. The Labute approximate surface area is 165 Å². The minimum absolute atomic E-state index is 0.0448. The first-order valence-corrected chi connectivity index (χ1v) is 9.81. The maximum Gasteiger partial charge on any atom is 0.272 e. The molecular formula is C20H30N4O4. The molecule has 2 heterocycles. The first kappa shape index (κ1) is 20.6. The van der Waals surface area contributed by atoms with Crippen LogP contribution in [0.5, 0.6) is 5.75 Å². The fourth-order valence-electron chi connectivity index (χ4n) is 3.48. The minimum Gasteiger partial charge on any atom is -0.494 e. The number of nitrogens with zero attached hydrogens (tertiary/aromatic N) is 3. The normalized spacial score (nSPS) is 16.2. The predicted molar refractivity (Wildman–Crippen MR) is 107 cm³/mol. The van der Waals surface area contributed by atoms with E-state index >= 15 is 0 Å². The quantitative estimate of drug-likeness (QED) is 0.700. The summed E-state index contributed by atoms with van der Waals surface area (Å²) in [6, 6.07) is 5.66. The first-order valence-electron chi connectivity index (χ1n) is 9.81. The Balaban J connectivity index is 1.87. The minimum atomic E-state index is -0.188. The highest BCUT2D eigenvalue weighted by molar-refractivity contribution is 6.06. The Morgan fingerprint density at radius 3 is 2.75 bits per heavy atom. The molecule has 0 bridgehead atoms. The molecule has 8 heteroatoms. The number of para-hydroxylation sites is 1. The largest absolute Gasteiger partial charge is 0.494 e. The Bertz CT molecular complexity index is 786. The third kappa shape index (κ3) is 4.63. The fraction of sp³-hybridized carbons (Fsp3) is 0.600. The SMILES string of the molecule is CCC(COC)NC(=O)c1nn(CCN2CCOCC2)c2c(OC)cccc12. The lowest BCUT2D eigenvalue weighted by Crippen LogP contribution is -2.38. The molecule has 1 aromatic carbocycles. The smallest absolute Gasteiger partial charge is 0.272 e. The van der Waals surface area contributed by atoms with Crippen LogP contribution in [-0.2, 0) is 16.0 Å². The van der Waals surface area contributed by atoms with Crippen LogP contribution < -0.4 is 10.1 Å². The molecule has 1 unspecified atom stereocenters. The van der Waals surface area contributed by atoms with Gasteiger partial charge in [-0.3, -0.25) is 14.4 Å². The van der Waals surface area contributed by atoms with Crippen LogP contribution in [-0.4, -0.2) is 80.3 Å². The molecule has 154 valence electrons. The maximum atomic E-state index is 12.9. The van der Waals surface area contributed by atoms with Crippen LogP contribution in [0.25, 0.3) is 10.9 Å². The van der Waals surface area contributed by atoms with E-state index in [1.807, 2.05) is 29.8 Å². The molecule has 0 radical (unpaired) electrons. The number of rotatable bonds is 9. The van der Waals surface area contributed by atoms with Crippen LogP contribution in [0.4, 0.5) is 0 Å². The van der Waals surface area contributed by atoms with Gasteiger partial charge in [0.1, 0.15) is 11.3 Å². The third-order valence-electron chi connectivity index (χ3n) is 5.10. The molecule has 1 N–H and O–H groups in total.